The van der Waals surface area contributed by atoms with E-state index in [1.165, 1.54) is 44.5 Å². The van der Waals surface area contributed by atoms with E-state index in [4.69, 9.17) is 8.83 Å². The second-order valence-electron chi connectivity index (χ2n) is 14.0. The first-order valence-electron chi connectivity index (χ1n) is 17.9. The highest BCUT2D eigenvalue weighted by Crippen LogP contribution is 2.63. The molecule has 0 N–H and O–H groups in total. The highest BCUT2D eigenvalue weighted by Gasteiger charge is 2.51. The number of benzene rings is 8. The van der Waals surface area contributed by atoms with E-state index in [0.717, 1.165) is 60.9 Å². The number of furan rings is 2. The Hall–Kier alpha value is -6.84. The second kappa shape index (κ2) is 10.1. The maximum Gasteiger partial charge on any atom is 0.147 e. The summed E-state index contributed by atoms with van der Waals surface area (Å²) in [6.07, 6.45) is 0. The molecule has 242 valence electrons. The molecule has 10 aromatic rings. The minimum Gasteiger partial charge on any atom is -0.456 e. The van der Waals surface area contributed by atoms with Crippen molar-refractivity contribution >= 4 is 60.9 Å². The van der Waals surface area contributed by atoms with E-state index in [-0.39, 0.29) is 0 Å². The monoisotopic (exact) mass is 663 g/mol. The smallest absolute Gasteiger partial charge is 0.147 e. The summed E-state index contributed by atoms with van der Waals surface area (Å²) in [7, 11) is 0. The van der Waals surface area contributed by atoms with Crippen LogP contribution in [0.15, 0.2) is 185 Å². The zero-order valence-electron chi connectivity index (χ0n) is 28.0. The Kier molecular flexibility index (Phi) is 5.43. The number of rotatable bonds is 3. The van der Waals surface area contributed by atoms with E-state index in [1.54, 1.807) is 0 Å². The fourth-order valence-corrected chi connectivity index (χ4v) is 9.48. The lowest BCUT2D eigenvalue weighted by atomic mass is 9.70. The SMILES string of the molecule is c1ccc(N(c2ccc3c(c2)C2(c4ccccc4-c4ccccc42)c2ccccc2-3)c2cccc3oc4ccc5c6ccccc6oc5c4c23)cc1. The van der Waals surface area contributed by atoms with Crippen LogP contribution in [0.5, 0.6) is 0 Å². The van der Waals surface area contributed by atoms with Gasteiger partial charge in [-0.1, -0.05) is 121 Å². The zero-order chi connectivity index (χ0) is 34.0. The molecule has 3 heteroatoms. The molecule has 0 saturated carbocycles. The van der Waals surface area contributed by atoms with Crippen LogP contribution in [0.1, 0.15) is 22.3 Å². The van der Waals surface area contributed by atoms with Gasteiger partial charge in [0.05, 0.1) is 21.9 Å². The first kappa shape index (κ1) is 27.9. The summed E-state index contributed by atoms with van der Waals surface area (Å²) in [5.41, 5.74) is 16.6. The van der Waals surface area contributed by atoms with E-state index in [0.29, 0.717) is 0 Å². The van der Waals surface area contributed by atoms with Crippen molar-refractivity contribution in [2.45, 2.75) is 5.41 Å². The molecule has 0 bridgehead atoms. The molecule has 52 heavy (non-hydrogen) atoms. The van der Waals surface area contributed by atoms with Crippen molar-refractivity contribution in [3.8, 4) is 22.3 Å². The predicted octanol–water partition coefficient (Wildman–Crippen LogP) is 13.3. The summed E-state index contributed by atoms with van der Waals surface area (Å²) in [6, 6.07) is 63.5. The summed E-state index contributed by atoms with van der Waals surface area (Å²) in [6.45, 7) is 0. The molecule has 0 atom stereocenters. The molecule has 8 aromatic carbocycles. The maximum atomic E-state index is 6.63. The number of fused-ring (bicyclic) bond motifs is 17. The third-order valence-electron chi connectivity index (χ3n) is 11.5. The summed E-state index contributed by atoms with van der Waals surface area (Å²) in [4.78, 5) is 2.39. The molecule has 0 amide bonds. The molecule has 0 fully saturated rings. The highest BCUT2D eigenvalue weighted by molar-refractivity contribution is 6.25. The Labute approximate surface area is 299 Å². The molecule has 0 unspecified atom stereocenters. The summed E-state index contributed by atoms with van der Waals surface area (Å²) < 4.78 is 13.2. The van der Waals surface area contributed by atoms with Gasteiger partial charge in [-0.25, -0.2) is 0 Å². The van der Waals surface area contributed by atoms with Crippen LogP contribution in [0.4, 0.5) is 17.1 Å². The van der Waals surface area contributed by atoms with Crippen LogP contribution in [0.25, 0.3) is 66.1 Å². The largest absolute Gasteiger partial charge is 0.456 e. The Morgan fingerprint density at radius 2 is 0.962 bits per heavy atom. The van der Waals surface area contributed by atoms with Crippen molar-refractivity contribution in [3.05, 3.63) is 198 Å². The Morgan fingerprint density at radius 1 is 0.365 bits per heavy atom. The van der Waals surface area contributed by atoms with Gasteiger partial charge in [0.15, 0.2) is 0 Å². The molecule has 1 spiro atoms. The third-order valence-corrected chi connectivity index (χ3v) is 11.5. The van der Waals surface area contributed by atoms with Crippen molar-refractivity contribution in [2.75, 3.05) is 4.90 Å². The summed E-state index contributed by atoms with van der Waals surface area (Å²) in [5, 5.41) is 4.21. The van der Waals surface area contributed by atoms with Crippen LogP contribution in [-0.4, -0.2) is 0 Å². The zero-order valence-corrected chi connectivity index (χ0v) is 28.0. The molecular formula is C49H29NO2. The van der Waals surface area contributed by atoms with Crippen molar-refractivity contribution in [1.82, 2.24) is 0 Å². The molecule has 12 rings (SSSR count). The predicted molar refractivity (Wildman–Crippen MR) is 212 cm³/mol. The lowest BCUT2D eigenvalue weighted by Crippen LogP contribution is -2.26. The van der Waals surface area contributed by atoms with Gasteiger partial charge in [-0.2, -0.15) is 0 Å². The van der Waals surface area contributed by atoms with E-state index in [1.807, 2.05) is 12.1 Å². The van der Waals surface area contributed by atoms with Crippen molar-refractivity contribution in [1.29, 1.82) is 0 Å². The van der Waals surface area contributed by atoms with Gasteiger partial charge in [-0.3, -0.25) is 0 Å². The van der Waals surface area contributed by atoms with Gasteiger partial charge in [0.25, 0.3) is 0 Å². The van der Waals surface area contributed by atoms with Crippen LogP contribution < -0.4 is 4.90 Å². The van der Waals surface area contributed by atoms with E-state index >= 15 is 0 Å². The van der Waals surface area contributed by atoms with Crippen molar-refractivity contribution < 1.29 is 8.83 Å². The average Bonchev–Trinajstić information content (AvgIpc) is 3.94. The standard InChI is InChI=1S/C49H29NO2/c1-2-13-30(14-3-1)50(42-22-12-24-44-46(42)47-45(51-44)28-27-37-36-18-7-11-23-43(36)52-48(37)47)31-25-26-35-34-17-6-10-21-40(34)49(41(35)29-31)38-19-8-4-15-32(38)33-16-5-9-20-39(33)49/h1-29H. The molecule has 2 aliphatic carbocycles. The maximum absolute atomic E-state index is 6.63. The van der Waals surface area contributed by atoms with Crippen LogP contribution in [0.2, 0.25) is 0 Å². The van der Waals surface area contributed by atoms with Gasteiger partial charge in [-0.05, 0) is 99.1 Å². The fraction of sp³-hybridized carbons (Fsp3) is 0.0204. The van der Waals surface area contributed by atoms with Gasteiger partial charge in [-0.15, -0.1) is 0 Å². The second-order valence-corrected chi connectivity index (χ2v) is 14.0. The Balaban J connectivity index is 1.18. The first-order valence-corrected chi connectivity index (χ1v) is 17.9. The quantitative estimate of drug-likeness (QED) is 0.188. The van der Waals surface area contributed by atoms with Gasteiger partial charge < -0.3 is 13.7 Å². The third kappa shape index (κ3) is 3.45. The number of hydrogen-bond acceptors (Lipinski definition) is 3. The highest BCUT2D eigenvalue weighted by atomic mass is 16.3. The van der Waals surface area contributed by atoms with Crippen LogP contribution in [-0.2, 0) is 5.41 Å². The van der Waals surface area contributed by atoms with Crippen LogP contribution in [0, 0.1) is 0 Å². The summed E-state index contributed by atoms with van der Waals surface area (Å²) in [5.74, 6) is 0. The number of hydrogen-bond donors (Lipinski definition) is 0. The van der Waals surface area contributed by atoms with Crippen molar-refractivity contribution in [3.63, 3.8) is 0 Å². The van der Waals surface area contributed by atoms with E-state index in [9.17, 15) is 0 Å². The normalized spacial score (nSPS) is 13.5. The number of anilines is 3. The topological polar surface area (TPSA) is 29.5 Å². The fourth-order valence-electron chi connectivity index (χ4n) is 9.48. The molecule has 3 nitrogen and oxygen atoms in total. The first-order chi connectivity index (χ1) is 25.8. The Bertz CT molecular complexity index is 3030. The molecule has 0 radical (unpaired) electrons. The van der Waals surface area contributed by atoms with Gasteiger partial charge in [0.1, 0.15) is 22.3 Å². The van der Waals surface area contributed by atoms with E-state index in [2.05, 4.69) is 169 Å². The lowest BCUT2D eigenvalue weighted by molar-refractivity contribution is 0.663. The molecule has 2 aliphatic rings. The molecule has 2 heterocycles. The summed E-state index contributed by atoms with van der Waals surface area (Å²) >= 11 is 0. The molecule has 0 aliphatic heterocycles. The Morgan fingerprint density at radius 3 is 1.69 bits per heavy atom. The van der Waals surface area contributed by atoms with Crippen molar-refractivity contribution in [2.24, 2.45) is 0 Å². The lowest BCUT2D eigenvalue weighted by Gasteiger charge is -2.32. The van der Waals surface area contributed by atoms with Gasteiger partial charge >= 0.3 is 0 Å². The average molecular weight is 664 g/mol. The number of para-hydroxylation sites is 2. The van der Waals surface area contributed by atoms with Gasteiger partial charge in [0, 0.05) is 22.1 Å². The van der Waals surface area contributed by atoms with Crippen LogP contribution >= 0.6 is 0 Å². The van der Waals surface area contributed by atoms with E-state index < -0.39 is 5.41 Å². The van der Waals surface area contributed by atoms with Gasteiger partial charge in [0.2, 0.25) is 0 Å². The molecular weight excluding hydrogens is 635 g/mol. The minimum absolute atomic E-state index is 0.438. The molecule has 2 aromatic heterocycles. The number of nitrogens with zero attached hydrogens (tertiary/aromatic N) is 1. The van der Waals surface area contributed by atoms with Crippen LogP contribution in [0.3, 0.4) is 0 Å². The minimum atomic E-state index is -0.438. The molecule has 0 saturated heterocycles.